The Morgan fingerprint density at radius 2 is 2.15 bits per heavy atom. The van der Waals surface area contributed by atoms with Gasteiger partial charge in [-0.05, 0) is 24.8 Å². The van der Waals surface area contributed by atoms with Gasteiger partial charge in [-0.3, -0.25) is 0 Å². The van der Waals surface area contributed by atoms with Crippen molar-refractivity contribution in [1.29, 1.82) is 0 Å². The highest BCUT2D eigenvalue weighted by Gasteiger charge is 2.06. The summed E-state index contributed by atoms with van der Waals surface area (Å²) >= 11 is 1.65. The maximum atomic E-state index is 13.3. The number of nitrogens with one attached hydrogen (secondary N) is 1. The van der Waals surface area contributed by atoms with E-state index in [0.717, 1.165) is 17.2 Å². The van der Waals surface area contributed by atoms with E-state index in [-0.39, 0.29) is 5.82 Å². The van der Waals surface area contributed by atoms with Crippen LogP contribution in [0.1, 0.15) is 13.8 Å². The molecule has 0 atom stereocenters. The number of halogens is 1. The molecule has 0 aliphatic carbocycles. The van der Waals surface area contributed by atoms with E-state index in [1.807, 2.05) is 13.0 Å². The van der Waals surface area contributed by atoms with Crippen LogP contribution < -0.4 is 5.32 Å². The van der Waals surface area contributed by atoms with Crippen molar-refractivity contribution >= 4 is 17.4 Å². The Kier molecular flexibility index (Phi) is 4.09. The van der Waals surface area contributed by atoms with Gasteiger partial charge in [0.05, 0.1) is 5.69 Å². The Bertz CT molecular complexity index is 276. The van der Waals surface area contributed by atoms with Gasteiger partial charge in [0.15, 0.2) is 0 Å². The molecule has 13 heavy (non-hydrogen) atoms. The van der Waals surface area contributed by atoms with Crippen molar-refractivity contribution in [3.8, 4) is 0 Å². The lowest BCUT2D eigenvalue weighted by Crippen LogP contribution is -2.00. The summed E-state index contributed by atoms with van der Waals surface area (Å²) in [5.41, 5.74) is 0.636. The summed E-state index contributed by atoms with van der Waals surface area (Å²) in [5, 5.41) is 3.03. The van der Waals surface area contributed by atoms with E-state index < -0.39 is 0 Å². The molecule has 0 saturated carbocycles. The number of benzene rings is 1. The minimum atomic E-state index is -0.166. The molecule has 0 spiro atoms. The molecule has 72 valence electrons. The quantitative estimate of drug-likeness (QED) is 0.746. The van der Waals surface area contributed by atoms with Crippen molar-refractivity contribution in [2.24, 2.45) is 0 Å². The lowest BCUT2D eigenvalue weighted by molar-refractivity contribution is 0.627. The average Bonchev–Trinajstić information content (AvgIpc) is 2.11. The predicted octanol–water partition coefficient (Wildman–Crippen LogP) is 3.37. The summed E-state index contributed by atoms with van der Waals surface area (Å²) in [6.45, 7) is 4.77. The lowest BCUT2D eigenvalue weighted by Gasteiger charge is -2.09. The molecule has 0 heterocycles. The fraction of sp³-hybridized carbons (Fsp3) is 0.400. The average molecular weight is 199 g/mol. The van der Waals surface area contributed by atoms with Crippen LogP contribution in [-0.4, -0.2) is 12.3 Å². The summed E-state index contributed by atoms with van der Waals surface area (Å²) in [4.78, 5) is 0.990. The molecule has 1 rings (SSSR count). The molecule has 1 aromatic carbocycles. The van der Waals surface area contributed by atoms with Crippen molar-refractivity contribution in [1.82, 2.24) is 0 Å². The minimum Gasteiger partial charge on any atom is -0.382 e. The SMILES string of the molecule is CCNc1c(F)cccc1SCC. The molecule has 0 bridgehead atoms. The molecule has 0 amide bonds. The van der Waals surface area contributed by atoms with Gasteiger partial charge in [0.1, 0.15) is 5.82 Å². The van der Waals surface area contributed by atoms with Crippen LogP contribution in [0.5, 0.6) is 0 Å². The van der Waals surface area contributed by atoms with Gasteiger partial charge in [0, 0.05) is 11.4 Å². The molecule has 0 unspecified atom stereocenters. The Morgan fingerprint density at radius 3 is 2.77 bits per heavy atom. The smallest absolute Gasteiger partial charge is 0.147 e. The molecule has 0 aromatic heterocycles. The molecule has 1 nitrogen and oxygen atoms in total. The monoisotopic (exact) mass is 199 g/mol. The van der Waals surface area contributed by atoms with Gasteiger partial charge in [-0.2, -0.15) is 0 Å². The van der Waals surface area contributed by atoms with Gasteiger partial charge in [-0.1, -0.05) is 13.0 Å². The van der Waals surface area contributed by atoms with E-state index in [4.69, 9.17) is 0 Å². The number of anilines is 1. The Labute approximate surface area is 82.7 Å². The number of hydrogen-bond donors (Lipinski definition) is 1. The van der Waals surface area contributed by atoms with Crippen LogP contribution in [0.25, 0.3) is 0 Å². The second-order valence-corrected chi connectivity index (χ2v) is 3.88. The van der Waals surface area contributed by atoms with Crippen LogP contribution in [0.2, 0.25) is 0 Å². The van der Waals surface area contributed by atoms with E-state index in [1.54, 1.807) is 17.8 Å². The Morgan fingerprint density at radius 1 is 1.38 bits per heavy atom. The Balaban J connectivity index is 2.95. The van der Waals surface area contributed by atoms with Gasteiger partial charge in [-0.25, -0.2) is 4.39 Å². The van der Waals surface area contributed by atoms with E-state index >= 15 is 0 Å². The fourth-order valence-electron chi connectivity index (χ4n) is 1.13. The van der Waals surface area contributed by atoms with E-state index in [1.165, 1.54) is 6.07 Å². The highest BCUT2D eigenvalue weighted by atomic mass is 32.2. The molecular formula is C10H14FNS. The lowest BCUT2D eigenvalue weighted by atomic mass is 10.3. The zero-order valence-electron chi connectivity index (χ0n) is 7.93. The standard InChI is InChI=1S/C10H14FNS/c1-3-12-10-8(11)6-5-7-9(10)13-4-2/h5-7,12H,3-4H2,1-2H3. The second kappa shape index (κ2) is 5.12. The number of thioether (sulfide) groups is 1. The first-order chi connectivity index (χ1) is 6.29. The molecule has 1 N–H and O–H groups in total. The maximum Gasteiger partial charge on any atom is 0.147 e. The van der Waals surface area contributed by atoms with Gasteiger partial charge in [-0.15, -0.1) is 11.8 Å². The van der Waals surface area contributed by atoms with Crippen LogP contribution in [0.15, 0.2) is 23.1 Å². The molecule has 0 aliphatic rings. The highest BCUT2D eigenvalue weighted by Crippen LogP contribution is 2.28. The first-order valence-electron chi connectivity index (χ1n) is 4.44. The topological polar surface area (TPSA) is 12.0 Å². The van der Waals surface area contributed by atoms with Gasteiger partial charge in [0.2, 0.25) is 0 Å². The predicted molar refractivity (Wildman–Crippen MR) is 57.0 cm³/mol. The first kappa shape index (κ1) is 10.4. The normalized spacial score (nSPS) is 10.1. The van der Waals surface area contributed by atoms with Gasteiger partial charge >= 0.3 is 0 Å². The van der Waals surface area contributed by atoms with Gasteiger partial charge in [0.25, 0.3) is 0 Å². The fourth-order valence-corrected chi connectivity index (χ4v) is 1.93. The number of para-hydroxylation sites is 1. The van der Waals surface area contributed by atoms with Crippen molar-refractivity contribution < 1.29 is 4.39 Å². The minimum absolute atomic E-state index is 0.166. The van der Waals surface area contributed by atoms with Crippen molar-refractivity contribution in [3.63, 3.8) is 0 Å². The van der Waals surface area contributed by atoms with Gasteiger partial charge < -0.3 is 5.32 Å². The van der Waals surface area contributed by atoms with Crippen molar-refractivity contribution in [3.05, 3.63) is 24.0 Å². The zero-order valence-corrected chi connectivity index (χ0v) is 8.75. The van der Waals surface area contributed by atoms with Crippen molar-refractivity contribution in [2.75, 3.05) is 17.6 Å². The largest absolute Gasteiger partial charge is 0.382 e. The van der Waals surface area contributed by atoms with Crippen LogP contribution in [0, 0.1) is 5.82 Å². The Hall–Kier alpha value is -0.700. The van der Waals surface area contributed by atoms with Crippen molar-refractivity contribution in [2.45, 2.75) is 18.7 Å². The summed E-state index contributed by atoms with van der Waals surface area (Å²) < 4.78 is 13.3. The molecule has 0 radical (unpaired) electrons. The summed E-state index contributed by atoms with van der Waals surface area (Å²) in [7, 11) is 0. The van der Waals surface area contributed by atoms with Crippen LogP contribution >= 0.6 is 11.8 Å². The third-order valence-corrected chi connectivity index (χ3v) is 2.57. The maximum absolute atomic E-state index is 13.3. The summed E-state index contributed by atoms with van der Waals surface area (Å²) in [5.74, 6) is 0.794. The highest BCUT2D eigenvalue weighted by molar-refractivity contribution is 7.99. The van der Waals surface area contributed by atoms with E-state index in [9.17, 15) is 4.39 Å². The number of hydrogen-bond acceptors (Lipinski definition) is 2. The van der Waals surface area contributed by atoms with Crippen LogP contribution in [0.4, 0.5) is 10.1 Å². The summed E-state index contributed by atoms with van der Waals surface area (Å²) in [6, 6.07) is 5.17. The molecule has 3 heteroatoms. The summed E-state index contributed by atoms with van der Waals surface area (Å²) in [6.07, 6.45) is 0. The molecule has 0 fully saturated rings. The molecular weight excluding hydrogens is 185 g/mol. The van der Waals surface area contributed by atoms with E-state index in [0.29, 0.717) is 5.69 Å². The van der Waals surface area contributed by atoms with Crippen LogP contribution in [0.3, 0.4) is 0 Å². The second-order valence-electron chi connectivity index (χ2n) is 2.58. The molecule has 0 saturated heterocycles. The third-order valence-electron chi connectivity index (χ3n) is 1.63. The molecule has 0 aliphatic heterocycles. The molecule has 1 aromatic rings. The van der Waals surface area contributed by atoms with Crippen LogP contribution in [-0.2, 0) is 0 Å². The van der Waals surface area contributed by atoms with E-state index in [2.05, 4.69) is 12.2 Å². The zero-order chi connectivity index (χ0) is 9.68. The third kappa shape index (κ3) is 2.62. The number of rotatable bonds is 4. The first-order valence-corrected chi connectivity index (χ1v) is 5.43.